The van der Waals surface area contributed by atoms with Gasteiger partial charge in [-0.1, -0.05) is 12.2 Å². The molecule has 1 aromatic carbocycles. The fourth-order valence-corrected chi connectivity index (χ4v) is 1.84. The number of hydrogen-bond acceptors (Lipinski definition) is 3. The van der Waals surface area contributed by atoms with E-state index in [0.717, 1.165) is 17.7 Å². The third-order valence-electron chi connectivity index (χ3n) is 2.68. The lowest BCUT2D eigenvalue weighted by Crippen LogP contribution is -2.15. The largest absolute Gasteiger partial charge is 0.472 e. The molecule has 0 fully saturated rings. The lowest BCUT2D eigenvalue weighted by atomic mass is 10.1. The van der Waals surface area contributed by atoms with E-state index < -0.39 is 11.7 Å². The maximum atomic E-state index is 12.7. The highest BCUT2D eigenvalue weighted by molar-refractivity contribution is 7.80. The van der Waals surface area contributed by atoms with Crippen LogP contribution < -0.4 is 11.1 Å². The fourth-order valence-electron chi connectivity index (χ4n) is 1.67. The highest BCUT2D eigenvalue weighted by Gasteiger charge is 2.31. The van der Waals surface area contributed by atoms with Crippen molar-refractivity contribution in [3.63, 3.8) is 0 Å². The molecule has 0 saturated heterocycles. The summed E-state index contributed by atoms with van der Waals surface area (Å²) in [7, 11) is 0. The summed E-state index contributed by atoms with van der Waals surface area (Å²) in [5.74, 6) is 0. The molecule has 0 bridgehead atoms. The molecule has 0 saturated carbocycles. The van der Waals surface area contributed by atoms with Crippen LogP contribution in [0.25, 0.3) is 0 Å². The van der Waals surface area contributed by atoms with Crippen molar-refractivity contribution in [2.75, 3.05) is 5.32 Å². The third kappa shape index (κ3) is 3.30. The zero-order chi connectivity index (χ0) is 14.8. The van der Waals surface area contributed by atoms with Crippen molar-refractivity contribution in [1.82, 2.24) is 0 Å². The lowest BCUT2D eigenvalue weighted by Gasteiger charge is -2.14. The Hall–Kier alpha value is -2.02. The van der Waals surface area contributed by atoms with E-state index >= 15 is 0 Å². The first-order valence-electron chi connectivity index (χ1n) is 5.64. The average Bonchev–Trinajstić information content (AvgIpc) is 2.88. The summed E-state index contributed by atoms with van der Waals surface area (Å²) in [6.45, 7) is 0.400. The van der Waals surface area contributed by atoms with E-state index in [1.165, 1.54) is 18.6 Å². The summed E-state index contributed by atoms with van der Waals surface area (Å²) in [5, 5.41) is 2.98. The zero-order valence-electron chi connectivity index (χ0n) is 10.2. The van der Waals surface area contributed by atoms with E-state index in [-0.39, 0.29) is 10.6 Å². The molecule has 0 aliphatic carbocycles. The molecule has 106 valence electrons. The first kappa shape index (κ1) is 14.4. The van der Waals surface area contributed by atoms with Crippen molar-refractivity contribution in [2.45, 2.75) is 12.7 Å². The van der Waals surface area contributed by atoms with Crippen molar-refractivity contribution < 1.29 is 17.6 Å². The minimum Gasteiger partial charge on any atom is -0.472 e. The maximum Gasteiger partial charge on any atom is 0.416 e. The third-order valence-corrected chi connectivity index (χ3v) is 2.90. The van der Waals surface area contributed by atoms with Crippen LogP contribution in [-0.4, -0.2) is 4.99 Å². The van der Waals surface area contributed by atoms with E-state index in [1.54, 1.807) is 6.07 Å². The minimum absolute atomic E-state index is 0.0919. The quantitative estimate of drug-likeness (QED) is 0.848. The van der Waals surface area contributed by atoms with Gasteiger partial charge in [-0.2, -0.15) is 13.2 Å². The molecular weight excluding hydrogens is 289 g/mol. The van der Waals surface area contributed by atoms with Crippen molar-refractivity contribution >= 4 is 22.9 Å². The van der Waals surface area contributed by atoms with Crippen LogP contribution in [0.2, 0.25) is 0 Å². The molecule has 0 radical (unpaired) electrons. The topological polar surface area (TPSA) is 51.2 Å². The van der Waals surface area contributed by atoms with Gasteiger partial charge in [0.1, 0.15) is 4.99 Å². The number of thiocarbonyl (C=S) groups is 1. The van der Waals surface area contributed by atoms with Crippen LogP contribution in [0.4, 0.5) is 18.9 Å². The van der Waals surface area contributed by atoms with Gasteiger partial charge in [-0.15, -0.1) is 0 Å². The Morgan fingerprint density at radius 1 is 1.30 bits per heavy atom. The van der Waals surface area contributed by atoms with Gasteiger partial charge >= 0.3 is 6.18 Å². The smallest absolute Gasteiger partial charge is 0.416 e. The molecule has 1 aromatic heterocycles. The highest BCUT2D eigenvalue weighted by Crippen LogP contribution is 2.32. The lowest BCUT2D eigenvalue weighted by molar-refractivity contribution is -0.137. The molecule has 20 heavy (non-hydrogen) atoms. The van der Waals surface area contributed by atoms with E-state index in [9.17, 15) is 13.2 Å². The number of furan rings is 1. The number of anilines is 1. The van der Waals surface area contributed by atoms with Crippen LogP contribution in [0.1, 0.15) is 16.7 Å². The fraction of sp³-hybridized carbons (Fsp3) is 0.154. The Morgan fingerprint density at radius 2 is 2.05 bits per heavy atom. The standard InChI is InChI=1S/C13H11F3N2OS/c14-13(15,16)9-1-2-11(10(5-9)12(17)20)18-6-8-3-4-19-7-8/h1-5,7,18H,6H2,(H2,17,20). The molecule has 2 rings (SSSR count). The number of halogens is 3. The number of alkyl halides is 3. The Bertz CT molecular complexity index is 609. The van der Waals surface area contributed by atoms with Gasteiger partial charge < -0.3 is 15.5 Å². The molecular formula is C13H11F3N2OS. The molecule has 0 atom stereocenters. The van der Waals surface area contributed by atoms with Gasteiger partial charge in [0.2, 0.25) is 0 Å². The number of rotatable bonds is 4. The number of benzene rings is 1. The molecule has 7 heteroatoms. The van der Waals surface area contributed by atoms with E-state index in [0.29, 0.717) is 12.2 Å². The van der Waals surface area contributed by atoms with Crippen molar-refractivity contribution in [3.05, 3.63) is 53.5 Å². The zero-order valence-corrected chi connectivity index (χ0v) is 11.0. The summed E-state index contributed by atoms with van der Waals surface area (Å²) in [5.41, 5.74) is 6.17. The normalized spacial score (nSPS) is 11.3. The van der Waals surface area contributed by atoms with Crippen LogP contribution in [0.15, 0.2) is 41.2 Å². The van der Waals surface area contributed by atoms with Crippen molar-refractivity contribution in [3.8, 4) is 0 Å². The maximum absolute atomic E-state index is 12.7. The summed E-state index contributed by atoms with van der Waals surface area (Å²) in [4.78, 5) is -0.0919. The molecule has 3 nitrogen and oxygen atoms in total. The summed E-state index contributed by atoms with van der Waals surface area (Å²) in [6, 6.07) is 4.99. The molecule has 0 aliphatic rings. The van der Waals surface area contributed by atoms with Gasteiger partial charge in [-0.25, -0.2) is 0 Å². The first-order valence-corrected chi connectivity index (χ1v) is 6.05. The van der Waals surface area contributed by atoms with E-state index in [2.05, 4.69) is 5.32 Å². The van der Waals surface area contributed by atoms with Crippen LogP contribution in [0.3, 0.4) is 0 Å². The minimum atomic E-state index is -4.43. The van der Waals surface area contributed by atoms with Gasteiger partial charge in [-0.05, 0) is 24.3 Å². The number of nitrogens with two attached hydrogens (primary N) is 1. The molecule has 2 aromatic rings. The molecule has 0 unspecified atom stereocenters. The Kier molecular flexibility index (Phi) is 3.99. The van der Waals surface area contributed by atoms with Crippen LogP contribution in [-0.2, 0) is 12.7 Å². The van der Waals surface area contributed by atoms with E-state index in [4.69, 9.17) is 22.4 Å². The molecule has 1 heterocycles. The molecule has 0 amide bonds. The number of nitrogens with one attached hydrogen (secondary N) is 1. The average molecular weight is 300 g/mol. The SMILES string of the molecule is NC(=S)c1cc(C(F)(F)F)ccc1NCc1ccoc1. The van der Waals surface area contributed by atoms with Gasteiger partial charge in [0.25, 0.3) is 0 Å². The van der Waals surface area contributed by atoms with Crippen LogP contribution >= 0.6 is 12.2 Å². The monoisotopic (exact) mass is 300 g/mol. The Morgan fingerprint density at radius 3 is 2.60 bits per heavy atom. The molecule has 3 N–H and O–H groups in total. The highest BCUT2D eigenvalue weighted by atomic mass is 32.1. The predicted molar refractivity (Wildman–Crippen MR) is 73.4 cm³/mol. The summed E-state index contributed by atoms with van der Waals surface area (Å²) < 4.78 is 42.9. The first-order chi connectivity index (χ1) is 9.38. The number of hydrogen-bond donors (Lipinski definition) is 2. The van der Waals surface area contributed by atoms with Crippen LogP contribution in [0, 0.1) is 0 Å². The second-order valence-corrected chi connectivity index (χ2v) is 4.55. The summed E-state index contributed by atoms with van der Waals surface area (Å²) in [6.07, 6.45) is -1.38. The van der Waals surface area contributed by atoms with Gasteiger partial charge in [0.15, 0.2) is 0 Å². The van der Waals surface area contributed by atoms with Gasteiger partial charge in [-0.3, -0.25) is 0 Å². The van der Waals surface area contributed by atoms with Crippen LogP contribution in [0.5, 0.6) is 0 Å². The summed E-state index contributed by atoms with van der Waals surface area (Å²) >= 11 is 4.80. The molecule has 0 spiro atoms. The Labute approximate surface area is 118 Å². The van der Waals surface area contributed by atoms with Gasteiger partial charge in [0, 0.05) is 23.4 Å². The second kappa shape index (κ2) is 5.54. The van der Waals surface area contributed by atoms with E-state index in [1.807, 2.05) is 0 Å². The van der Waals surface area contributed by atoms with Crippen molar-refractivity contribution in [1.29, 1.82) is 0 Å². The Balaban J connectivity index is 2.26. The van der Waals surface area contributed by atoms with Crippen molar-refractivity contribution in [2.24, 2.45) is 5.73 Å². The molecule has 0 aliphatic heterocycles. The van der Waals surface area contributed by atoms with Gasteiger partial charge in [0.05, 0.1) is 18.1 Å². The second-order valence-electron chi connectivity index (χ2n) is 4.11. The predicted octanol–water partition coefficient (Wildman–Crippen LogP) is 3.54.